The Morgan fingerprint density at radius 1 is 1.42 bits per heavy atom. The van der Waals surface area contributed by atoms with E-state index in [2.05, 4.69) is 39.2 Å². The number of benzene rings is 1. The fourth-order valence-corrected chi connectivity index (χ4v) is 2.80. The molecule has 0 saturated heterocycles. The average molecular weight is 329 g/mol. The van der Waals surface area contributed by atoms with Crippen LogP contribution in [0.3, 0.4) is 0 Å². The molecule has 1 atom stereocenters. The minimum atomic E-state index is -0.122. The maximum absolute atomic E-state index is 11.4. The fourth-order valence-electron chi connectivity index (χ4n) is 2.80. The molecule has 1 aromatic heterocycles. The van der Waals surface area contributed by atoms with E-state index in [0.717, 1.165) is 35.9 Å². The zero-order valence-electron chi connectivity index (χ0n) is 14.3. The highest BCUT2D eigenvalue weighted by Gasteiger charge is 2.18. The number of hydrogen-bond acceptors (Lipinski definition) is 5. The van der Waals surface area contributed by atoms with Crippen LogP contribution in [0.25, 0.3) is 0 Å². The summed E-state index contributed by atoms with van der Waals surface area (Å²) in [7, 11) is 0. The van der Waals surface area contributed by atoms with E-state index in [4.69, 9.17) is 4.74 Å². The zero-order chi connectivity index (χ0) is 17.1. The number of carbonyl (C=O) groups is 1. The van der Waals surface area contributed by atoms with Crippen LogP contribution in [0.15, 0.2) is 18.2 Å². The number of nitrogens with one attached hydrogen (secondary N) is 2. The first kappa shape index (κ1) is 16.4. The minimum absolute atomic E-state index is 0.0760. The molecule has 2 heterocycles. The predicted octanol–water partition coefficient (Wildman–Crippen LogP) is 2.18. The van der Waals surface area contributed by atoms with Crippen LogP contribution in [0, 0.1) is 6.92 Å². The van der Waals surface area contributed by atoms with Crippen LogP contribution < -0.4 is 15.4 Å². The molecule has 0 saturated carbocycles. The van der Waals surface area contributed by atoms with Gasteiger partial charge in [-0.05, 0) is 38.0 Å². The second-order valence-corrected chi connectivity index (χ2v) is 6.01. The van der Waals surface area contributed by atoms with Gasteiger partial charge in [-0.15, -0.1) is 10.2 Å². The number of hydrogen-bond donors (Lipinski definition) is 2. The van der Waals surface area contributed by atoms with Gasteiger partial charge in [0.05, 0.1) is 12.2 Å². The summed E-state index contributed by atoms with van der Waals surface area (Å²) in [5.41, 5.74) is 1.81. The third kappa shape index (κ3) is 3.41. The molecule has 24 heavy (non-hydrogen) atoms. The highest BCUT2D eigenvalue weighted by Crippen LogP contribution is 2.30. The van der Waals surface area contributed by atoms with Crippen molar-refractivity contribution in [2.24, 2.45) is 0 Å². The van der Waals surface area contributed by atoms with Crippen molar-refractivity contribution < 1.29 is 9.53 Å². The molecule has 3 rings (SSSR count). The molecule has 7 nitrogen and oxygen atoms in total. The second kappa shape index (κ2) is 7.00. The van der Waals surface area contributed by atoms with Crippen molar-refractivity contribution in [1.29, 1.82) is 0 Å². The summed E-state index contributed by atoms with van der Waals surface area (Å²) < 4.78 is 7.53. The lowest BCUT2D eigenvalue weighted by atomic mass is 10.1. The van der Waals surface area contributed by atoms with Gasteiger partial charge in [0.1, 0.15) is 17.4 Å². The van der Waals surface area contributed by atoms with Crippen molar-refractivity contribution in [1.82, 2.24) is 20.1 Å². The van der Waals surface area contributed by atoms with Gasteiger partial charge < -0.3 is 19.9 Å². The van der Waals surface area contributed by atoms with Crippen molar-refractivity contribution >= 4 is 11.6 Å². The molecule has 128 valence electrons. The van der Waals surface area contributed by atoms with Crippen LogP contribution >= 0.6 is 0 Å². The molecule has 7 heteroatoms. The van der Waals surface area contributed by atoms with E-state index in [0.29, 0.717) is 12.3 Å². The lowest BCUT2D eigenvalue weighted by Crippen LogP contribution is -2.26. The van der Waals surface area contributed by atoms with E-state index in [1.807, 2.05) is 25.1 Å². The van der Waals surface area contributed by atoms with E-state index in [-0.39, 0.29) is 18.6 Å². The molecule has 0 fully saturated rings. The Balaban J connectivity index is 1.68. The summed E-state index contributed by atoms with van der Waals surface area (Å²) in [6, 6.07) is 5.97. The molecule has 2 aromatic rings. The third-order valence-corrected chi connectivity index (χ3v) is 4.16. The highest BCUT2D eigenvalue weighted by atomic mass is 16.5. The van der Waals surface area contributed by atoms with E-state index in [1.54, 1.807) is 0 Å². The number of aryl methyl sites for hydroxylation is 1. The van der Waals surface area contributed by atoms with E-state index in [1.165, 1.54) is 0 Å². The van der Waals surface area contributed by atoms with Gasteiger partial charge >= 0.3 is 0 Å². The third-order valence-electron chi connectivity index (χ3n) is 4.16. The number of rotatable bonds is 6. The lowest BCUT2D eigenvalue weighted by Gasteiger charge is -2.21. The molecule has 0 radical (unpaired) electrons. The predicted molar refractivity (Wildman–Crippen MR) is 90.9 cm³/mol. The maximum Gasteiger partial charge on any atom is 0.262 e. The minimum Gasteiger partial charge on any atom is -0.482 e. The second-order valence-electron chi connectivity index (χ2n) is 6.01. The van der Waals surface area contributed by atoms with Crippen LogP contribution in [0.1, 0.15) is 43.5 Å². The quantitative estimate of drug-likeness (QED) is 0.849. The largest absolute Gasteiger partial charge is 0.482 e. The molecule has 1 aliphatic rings. The number of fused-ring (bicyclic) bond motifs is 1. The van der Waals surface area contributed by atoms with Crippen molar-refractivity contribution in [3.63, 3.8) is 0 Å². The van der Waals surface area contributed by atoms with E-state index in [9.17, 15) is 4.79 Å². The maximum atomic E-state index is 11.4. The molecule has 0 spiro atoms. The molecule has 0 unspecified atom stereocenters. The summed E-state index contributed by atoms with van der Waals surface area (Å²) in [6.07, 6.45) is 1.05. The van der Waals surface area contributed by atoms with Crippen molar-refractivity contribution in [2.75, 3.05) is 11.9 Å². The highest BCUT2D eigenvalue weighted by molar-refractivity contribution is 5.95. The average Bonchev–Trinajstić information content (AvgIpc) is 2.92. The smallest absolute Gasteiger partial charge is 0.262 e. The molecule has 1 amide bonds. The Hall–Kier alpha value is -2.41. The standard InChI is InChI=1S/C17H23N5O2/c1-4-7-22-12(3)20-21-16(22)9-18-11(2)13-5-6-15-14(8-13)19-17(23)10-24-15/h5-6,8,11,18H,4,7,9-10H2,1-3H3,(H,19,23)/t11-/m1/s1. The molecular weight excluding hydrogens is 306 g/mol. The Labute approximate surface area is 141 Å². The van der Waals surface area contributed by atoms with Gasteiger partial charge in [-0.1, -0.05) is 13.0 Å². The lowest BCUT2D eigenvalue weighted by molar-refractivity contribution is -0.118. The summed E-state index contributed by atoms with van der Waals surface area (Å²) in [6.45, 7) is 7.84. The summed E-state index contributed by atoms with van der Waals surface area (Å²) >= 11 is 0. The SMILES string of the molecule is CCCn1c(C)nnc1CN[C@H](C)c1ccc2c(c1)NC(=O)CO2. The first-order valence-corrected chi connectivity index (χ1v) is 8.27. The summed E-state index contributed by atoms with van der Waals surface area (Å²) in [5, 5.41) is 14.7. The van der Waals surface area contributed by atoms with E-state index < -0.39 is 0 Å². The Morgan fingerprint density at radius 3 is 3.04 bits per heavy atom. The zero-order valence-corrected chi connectivity index (χ0v) is 14.3. The Morgan fingerprint density at radius 2 is 2.25 bits per heavy atom. The number of ether oxygens (including phenoxy) is 1. The van der Waals surface area contributed by atoms with Gasteiger partial charge in [0.2, 0.25) is 0 Å². The molecule has 1 aromatic carbocycles. The van der Waals surface area contributed by atoms with Gasteiger partial charge in [0, 0.05) is 12.6 Å². The van der Waals surface area contributed by atoms with Crippen LogP contribution in [0.2, 0.25) is 0 Å². The molecule has 0 aliphatic carbocycles. The normalized spacial score (nSPS) is 14.7. The van der Waals surface area contributed by atoms with Gasteiger partial charge in [-0.2, -0.15) is 0 Å². The van der Waals surface area contributed by atoms with Crippen molar-refractivity contribution in [2.45, 2.75) is 46.3 Å². The van der Waals surface area contributed by atoms with Gasteiger partial charge in [-0.3, -0.25) is 4.79 Å². The number of carbonyl (C=O) groups excluding carboxylic acids is 1. The number of anilines is 1. The van der Waals surface area contributed by atoms with Gasteiger partial charge in [-0.25, -0.2) is 0 Å². The number of amides is 1. The van der Waals surface area contributed by atoms with Crippen LogP contribution in [0.4, 0.5) is 5.69 Å². The van der Waals surface area contributed by atoms with Crippen LogP contribution in [-0.4, -0.2) is 27.3 Å². The number of nitrogens with zero attached hydrogens (tertiary/aromatic N) is 3. The topological polar surface area (TPSA) is 81.1 Å². The molecule has 2 N–H and O–H groups in total. The molecule has 1 aliphatic heterocycles. The Bertz CT molecular complexity index is 741. The molecular formula is C17H23N5O2. The van der Waals surface area contributed by atoms with Crippen molar-refractivity contribution in [3.05, 3.63) is 35.4 Å². The van der Waals surface area contributed by atoms with E-state index >= 15 is 0 Å². The van der Waals surface area contributed by atoms with Gasteiger partial charge in [0.15, 0.2) is 6.61 Å². The fraction of sp³-hybridized carbons (Fsp3) is 0.471. The van der Waals surface area contributed by atoms with Crippen molar-refractivity contribution in [3.8, 4) is 5.75 Å². The molecule has 0 bridgehead atoms. The summed E-state index contributed by atoms with van der Waals surface area (Å²) in [4.78, 5) is 11.4. The summed E-state index contributed by atoms with van der Waals surface area (Å²) in [5.74, 6) is 2.47. The van der Waals surface area contributed by atoms with Gasteiger partial charge in [0.25, 0.3) is 5.91 Å². The number of aromatic nitrogens is 3. The van der Waals surface area contributed by atoms with Crippen LogP contribution in [-0.2, 0) is 17.9 Å². The Kier molecular flexibility index (Phi) is 4.80. The first-order valence-electron chi connectivity index (χ1n) is 8.27. The van der Waals surface area contributed by atoms with Crippen LogP contribution in [0.5, 0.6) is 5.75 Å². The first-order chi connectivity index (χ1) is 11.6. The monoisotopic (exact) mass is 329 g/mol.